The Morgan fingerprint density at radius 3 is 2.36 bits per heavy atom. The molecule has 1 aliphatic carbocycles. The molecule has 0 bridgehead atoms. The van der Waals surface area contributed by atoms with Crippen molar-refractivity contribution in [2.24, 2.45) is 0 Å². The van der Waals surface area contributed by atoms with Crippen molar-refractivity contribution in [3.8, 4) is 0 Å². The Balaban J connectivity index is 1.60. The van der Waals surface area contributed by atoms with Gasteiger partial charge in [0.15, 0.2) is 0 Å². The van der Waals surface area contributed by atoms with Crippen LogP contribution in [0.15, 0.2) is 54.6 Å². The summed E-state index contributed by atoms with van der Waals surface area (Å²) in [7, 11) is 0. The fourth-order valence-corrected chi connectivity index (χ4v) is 2.44. The van der Waals surface area contributed by atoms with Gasteiger partial charge in [-0.3, -0.25) is 15.0 Å². The third-order valence-corrected chi connectivity index (χ3v) is 3.95. The molecule has 0 aliphatic heterocycles. The summed E-state index contributed by atoms with van der Waals surface area (Å²) in [5.74, 6) is -0.814. The van der Waals surface area contributed by atoms with E-state index in [0.29, 0.717) is 5.56 Å². The first-order chi connectivity index (χ1) is 12.1. The third-order valence-electron chi connectivity index (χ3n) is 3.95. The molecule has 6 heteroatoms. The van der Waals surface area contributed by atoms with Crippen molar-refractivity contribution >= 4 is 11.8 Å². The number of rotatable bonds is 7. The molecule has 0 radical (unpaired) electrons. The lowest BCUT2D eigenvalue weighted by molar-refractivity contribution is -0.125. The van der Waals surface area contributed by atoms with E-state index < -0.39 is 6.04 Å². The Bertz CT molecular complexity index is 730. The zero-order valence-corrected chi connectivity index (χ0v) is 13.7. The minimum atomic E-state index is -0.668. The van der Waals surface area contributed by atoms with Crippen molar-refractivity contribution in [2.75, 3.05) is 0 Å². The number of hydrogen-bond acceptors (Lipinski definition) is 3. The van der Waals surface area contributed by atoms with Gasteiger partial charge in [-0.25, -0.2) is 9.82 Å². The molecule has 0 saturated heterocycles. The van der Waals surface area contributed by atoms with E-state index >= 15 is 0 Å². The van der Waals surface area contributed by atoms with Gasteiger partial charge in [-0.05, 0) is 36.1 Å². The number of amides is 2. The molecule has 130 valence electrons. The number of hydrogen-bond donors (Lipinski definition) is 3. The molecule has 1 saturated carbocycles. The zero-order valence-electron chi connectivity index (χ0n) is 13.7. The van der Waals surface area contributed by atoms with Crippen LogP contribution >= 0.6 is 0 Å². The highest BCUT2D eigenvalue weighted by Gasteiger charge is 2.28. The Hall–Kier alpha value is -2.73. The van der Waals surface area contributed by atoms with Crippen molar-refractivity contribution in [1.29, 1.82) is 0 Å². The SMILES string of the molecule is O=C(Cc1ccc(F)cc1)NN[C@@H](C(=O)NC1CC1)c1ccccc1. The van der Waals surface area contributed by atoms with Gasteiger partial charge in [0, 0.05) is 6.04 Å². The van der Waals surface area contributed by atoms with E-state index in [1.807, 2.05) is 30.3 Å². The van der Waals surface area contributed by atoms with Gasteiger partial charge in [0.2, 0.25) is 11.8 Å². The van der Waals surface area contributed by atoms with Crippen molar-refractivity contribution < 1.29 is 14.0 Å². The number of carbonyl (C=O) groups excluding carboxylic acids is 2. The largest absolute Gasteiger partial charge is 0.352 e. The van der Waals surface area contributed by atoms with Crippen LogP contribution in [0.3, 0.4) is 0 Å². The van der Waals surface area contributed by atoms with E-state index in [9.17, 15) is 14.0 Å². The first-order valence-corrected chi connectivity index (χ1v) is 8.26. The summed E-state index contributed by atoms with van der Waals surface area (Å²) in [6, 6.07) is 14.5. The van der Waals surface area contributed by atoms with Gasteiger partial charge in [0.1, 0.15) is 11.9 Å². The van der Waals surface area contributed by atoms with Gasteiger partial charge < -0.3 is 5.32 Å². The number of nitrogens with one attached hydrogen (secondary N) is 3. The van der Waals surface area contributed by atoms with E-state index in [1.54, 1.807) is 12.1 Å². The molecule has 1 atom stereocenters. The van der Waals surface area contributed by atoms with Gasteiger partial charge in [-0.1, -0.05) is 42.5 Å². The summed E-state index contributed by atoms with van der Waals surface area (Å²) < 4.78 is 12.9. The number of benzene rings is 2. The highest BCUT2D eigenvalue weighted by Crippen LogP contribution is 2.21. The molecule has 3 rings (SSSR count). The van der Waals surface area contributed by atoms with Crippen LogP contribution in [0.5, 0.6) is 0 Å². The average molecular weight is 341 g/mol. The molecule has 25 heavy (non-hydrogen) atoms. The predicted octanol–water partition coefficient (Wildman–Crippen LogP) is 2.01. The maximum Gasteiger partial charge on any atom is 0.243 e. The molecule has 0 spiro atoms. The Labute approximate surface area is 145 Å². The molecular formula is C19H20FN3O2. The van der Waals surface area contributed by atoms with Gasteiger partial charge in [0.25, 0.3) is 0 Å². The lowest BCUT2D eigenvalue weighted by Gasteiger charge is -2.19. The normalized spacial score (nSPS) is 14.6. The average Bonchev–Trinajstić information content (AvgIpc) is 3.42. The number of halogens is 1. The molecule has 2 aromatic rings. The summed E-state index contributed by atoms with van der Waals surface area (Å²) in [6.45, 7) is 0. The second kappa shape index (κ2) is 7.90. The summed E-state index contributed by atoms with van der Waals surface area (Å²) in [5.41, 5.74) is 6.85. The fraction of sp³-hybridized carbons (Fsp3) is 0.263. The fourth-order valence-electron chi connectivity index (χ4n) is 2.44. The van der Waals surface area contributed by atoms with Crippen LogP contribution in [0.1, 0.15) is 30.0 Å². The molecule has 0 aromatic heterocycles. The first kappa shape index (κ1) is 17.1. The predicted molar refractivity (Wildman–Crippen MR) is 91.7 cm³/mol. The molecule has 1 aliphatic rings. The molecule has 0 unspecified atom stereocenters. The maximum absolute atomic E-state index is 12.9. The van der Waals surface area contributed by atoms with E-state index in [1.165, 1.54) is 12.1 Å². The summed E-state index contributed by atoms with van der Waals surface area (Å²) >= 11 is 0. The van der Waals surface area contributed by atoms with Crippen LogP contribution in [-0.2, 0) is 16.0 Å². The molecule has 2 aromatic carbocycles. The van der Waals surface area contributed by atoms with Gasteiger partial charge in [-0.2, -0.15) is 0 Å². The summed E-state index contributed by atoms with van der Waals surface area (Å²) in [4.78, 5) is 24.5. The molecule has 2 amide bonds. The second-order valence-corrected chi connectivity index (χ2v) is 6.12. The quantitative estimate of drug-likeness (QED) is 0.675. The van der Waals surface area contributed by atoms with Crippen LogP contribution in [0, 0.1) is 5.82 Å². The number of hydrazine groups is 1. The topological polar surface area (TPSA) is 70.2 Å². The Morgan fingerprint density at radius 1 is 1.04 bits per heavy atom. The van der Waals surface area contributed by atoms with Crippen LogP contribution in [0.25, 0.3) is 0 Å². The highest BCUT2D eigenvalue weighted by molar-refractivity contribution is 5.84. The smallest absolute Gasteiger partial charge is 0.243 e. The van der Waals surface area contributed by atoms with Crippen molar-refractivity contribution in [3.05, 3.63) is 71.5 Å². The lowest BCUT2D eigenvalue weighted by atomic mass is 10.1. The molecule has 3 N–H and O–H groups in total. The van der Waals surface area contributed by atoms with Crippen LogP contribution < -0.4 is 16.2 Å². The Kier molecular flexibility index (Phi) is 5.40. The Morgan fingerprint density at radius 2 is 1.72 bits per heavy atom. The first-order valence-electron chi connectivity index (χ1n) is 8.26. The minimum absolute atomic E-state index is 0.0963. The lowest BCUT2D eigenvalue weighted by Crippen LogP contribution is -2.47. The summed E-state index contributed by atoms with van der Waals surface area (Å²) in [5, 5.41) is 2.94. The van der Waals surface area contributed by atoms with Crippen LogP contribution in [-0.4, -0.2) is 17.9 Å². The third kappa shape index (κ3) is 5.12. The maximum atomic E-state index is 12.9. The van der Waals surface area contributed by atoms with Gasteiger partial charge in [0.05, 0.1) is 6.42 Å². The summed E-state index contributed by atoms with van der Waals surface area (Å²) in [6.07, 6.45) is 2.08. The van der Waals surface area contributed by atoms with E-state index in [-0.39, 0.29) is 30.1 Å². The molecular weight excluding hydrogens is 321 g/mol. The monoisotopic (exact) mass is 341 g/mol. The van der Waals surface area contributed by atoms with Crippen molar-refractivity contribution in [3.63, 3.8) is 0 Å². The van der Waals surface area contributed by atoms with E-state index in [4.69, 9.17) is 0 Å². The molecule has 1 fully saturated rings. The second-order valence-electron chi connectivity index (χ2n) is 6.12. The molecule has 5 nitrogen and oxygen atoms in total. The van der Waals surface area contributed by atoms with E-state index in [0.717, 1.165) is 18.4 Å². The van der Waals surface area contributed by atoms with Crippen molar-refractivity contribution in [2.45, 2.75) is 31.3 Å². The standard InChI is InChI=1S/C19H20FN3O2/c20-15-8-6-13(7-9-15)12-17(24)22-23-18(14-4-2-1-3-5-14)19(25)21-16-10-11-16/h1-9,16,18,23H,10-12H2,(H,21,25)(H,22,24)/t18-/m1/s1. The van der Waals surface area contributed by atoms with E-state index in [2.05, 4.69) is 16.2 Å². The zero-order chi connectivity index (χ0) is 17.6. The highest BCUT2D eigenvalue weighted by atomic mass is 19.1. The minimum Gasteiger partial charge on any atom is -0.352 e. The van der Waals surface area contributed by atoms with Gasteiger partial charge >= 0.3 is 0 Å². The van der Waals surface area contributed by atoms with Crippen LogP contribution in [0.4, 0.5) is 4.39 Å². The number of carbonyl (C=O) groups is 2. The van der Waals surface area contributed by atoms with Gasteiger partial charge in [-0.15, -0.1) is 0 Å². The van der Waals surface area contributed by atoms with Crippen molar-refractivity contribution in [1.82, 2.24) is 16.2 Å². The molecule has 0 heterocycles. The van der Waals surface area contributed by atoms with Crippen LogP contribution in [0.2, 0.25) is 0 Å².